The third-order valence-electron chi connectivity index (χ3n) is 4.74. The maximum atomic E-state index is 13.1. The van der Waals surface area contributed by atoms with Gasteiger partial charge in [0.1, 0.15) is 11.1 Å². The van der Waals surface area contributed by atoms with E-state index in [1.807, 2.05) is 13.8 Å². The highest BCUT2D eigenvalue weighted by atomic mass is 35.5. The molecule has 0 aliphatic carbocycles. The van der Waals surface area contributed by atoms with Crippen molar-refractivity contribution in [3.8, 4) is 0 Å². The smallest absolute Gasteiger partial charge is 0.355 e. The van der Waals surface area contributed by atoms with E-state index in [2.05, 4.69) is 0 Å². The van der Waals surface area contributed by atoms with Crippen LogP contribution < -0.4 is 0 Å². The molecule has 1 aromatic heterocycles. The van der Waals surface area contributed by atoms with Crippen LogP contribution >= 0.6 is 11.6 Å². The summed E-state index contributed by atoms with van der Waals surface area (Å²) in [5, 5.41) is -0.729. The molecule has 1 aromatic rings. The van der Waals surface area contributed by atoms with Crippen molar-refractivity contribution in [3.63, 3.8) is 0 Å². The summed E-state index contributed by atoms with van der Waals surface area (Å²) in [4.78, 5) is 39.5. The first-order chi connectivity index (χ1) is 13.7. The molecule has 0 aliphatic rings. The molecule has 0 fully saturated rings. The van der Waals surface area contributed by atoms with Gasteiger partial charge in [-0.1, -0.05) is 0 Å². The molecule has 29 heavy (non-hydrogen) atoms. The monoisotopic (exact) mass is 428 g/mol. The average molecular weight is 429 g/mol. The quantitative estimate of drug-likeness (QED) is 0.221. The van der Waals surface area contributed by atoms with Crippen LogP contribution in [-0.2, 0) is 20.8 Å². The van der Waals surface area contributed by atoms with Crippen LogP contribution in [0, 0.1) is 13.8 Å². The molecule has 7 nitrogen and oxygen atoms in total. The zero-order chi connectivity index (χ0) is 22.1. The number of hydrogen-bond acceptors (Lipinski definition) is 5. The molecule has 164 valence electrons. The highest BCUT2D eigenvalue weighted by Crippen LogP contribution is 2.24. The summed E-state index contributed by atoms with van der Waals surface area (Å²) in [5.74, 6) is -0.972. The summed E-state index contributed by atoms with van der Waals surface area (Å²) in [5.41, 5.74) is 2.11. The zero-order valence-corrected chi connectivity index (χ0v) is 19.1. The Kier molecular flexibility index (Phi) is 10.4. The van der Waals surface area contributed by atoms with E-state index < -0.39 is 11.3 Å². The fraction of sp³-hybridized carbons (Fsp3) is 0.667. The Hall–Kier alpha value is -1.86. The fourth-order valence-corrected chi connectivity index (χ4v) is 3.57. The van der Waals surface area contributed by atoms with Gasteiger partial charge in [0.05, 0.1) is 13.2 Å². The molecule has 0 saturated heterocycles. The van der Waals surface area contributed by atoms with Gasteiger partial charge < -0.3 is 18.9 Å². The number of ketones is 1. The molecule has 1 amide bonds. The van der Waals surface area contributed by atoms with Gasteiger partial charge in [0.2, 0.25) is 5.91 Å². The minimum Gasteiger partial charge on any atom is -0.461 e. The summed E-state index contributed by atoms with van der Waals surface area (Å²) >= 11 is 5.98. The minimum atomic E-state index is -0.729. The van der Waals surface area contributed by atoms with E-state index in [4.69, 9.17) is 21.1 Å². The maximum absolute atomic E-state index is 13.1. The number of amides is 1. The van der Waals surface area contributed by atoms with Crippen molar-refractivity contribution in [2.75, 3.05) is 32.9 Å². The lowest BCUT2D eigenvalue weighted by molar-refractivity contribution is -0.130. The van der Waals surface area contributed by atoms with Gasteiger partial charge in [0, 0.05) is 37.6 Å². The van der Waals surface area contributed by atoms with E-state index in [1.54, 1.807) is 32.3 Å². The Morgan fingerprint density at radius 3 is 2.31 bits per heavy atom. The second-order valence-electron chi connectivity index (χ2n) is 6.75. The molecule has 0 spiro atoms. The van der Waals surface area contributed by atoms with Crippen LogP contribution in [0.4, 0.5) is 0 Å². The molecule has 0 unspecified atom stereocenters. The Morgan fingerprint density at radius 2 is 1.79 bits per heavy atom. The molecule has 0 bridgehead atoms. The van der Waals surface area contributed by atoms with Crippen LogP contribution in [0.1, 0.15) is 66.2 Å². The van der Waals surface area contributed by atoms with Gasteiger partial charge in [-0.05, 0) is 53.5 Å². The summed E-state index contributed by atoms with van der Waals surface area (Å²) in [6, 6.07) is 0. The zero-order valence-electron chi connectivity index (χ0n) is 18.3. The summed E-state index contributed by atoms with van der Waals surface area (Å²) in [6.07, 6.45) is 0.610. The number of esters is 1. The van der Waals surface area contributed by atoms with Crippen molar-refractivity contribution in [2.45, 2.75) is 59.9 Å². The van der Waals surface area contributed by atoms with Gasteiger partial charge >= 0.3 is 5.97 Å². The minimum absolute atomic E-state index is 0.0975. The van der Waals surface area contributed by atoms with Crippen LogP contribution in [-0.4, -0.2) is 65.4 Å². The van der Waals surface area contributed by atoms with Gasteiger partial charge in [-0.25, -0.2) is 4.79 Å². The third kappa shape index (κ3) is 6.31. The van der Waals surface area contributed by atoms with E-state index in [-0.39, 0.29) is 24.8 Å². The topological polar surface area (TPSA) is 77.8 Å². The standard InChI is InChI=1S/C21H33ClN2O5/c1-7-24-16(6)18(14(4)19(24)21(27)29-9-3)17(25)13-23(20(26)15(5)22)11-10-12-28-8-2/h15H,7-13H2,1-6H3/t15-/m0/s1. The molecule has 1 heterocycles. The lowest BCUT2D eigenvalue weighted by Gasteiger charge is -2.23. The number of aromatic nitrogens is 1. The highest BCUT2D eigenvalue weighted by molar-refractivity contribution is 6.30. The van der Waals surface area contributed by atoms with E-state index in [1.165, 1.54) is 4.90 Å². The number of nitrogens with zero attached hydrogens (tertiary/aromatic N) is 2. The number of rotatable bonds is 12. The number of alkyl halides is 1. The van der Waals surface area contributed by atoms with E-state index in [0.717, 1.165) is 0 Å². The van der Waals surface area contributed by atoms with Crippen molar-refractivity contribution in [1.82, 2.24) is 9.47 Å². The van der Waals surface area contributed by atoms with E-state index in [9.17, 15) is 14.4 Å². The average Bonchev–Trinajstić information content (AvgIpc) is 2.93. The molecule has 0 N–H and O–H groups in total. The molecule has 1 atom stereocenters. The number of Topliss-reactive ketones (excluding diaryl/α,β-unsaturated/α-hetero) is 1. The molecular weight excluding hydrogens is 396 g/mol. The van der Waals surface area contributed by atoms with Gasteiger partial charge in [0.15, 0.2) is 5.78 Å². The third-order valence-corrected chi connectivity index (χ3v) is 4.92. The van der Waals surface area contributed by atoms with Gasteiger partial charge in [0.25, 0.3) is 0 Å². The van der Waals surface area contributed by atoms with Crippen LogP contribution in [0.3, 0.4) is 0 Å². The first-order valence-corrected chi connectivity index (χ1v) is 10.5. The first kappa shape index (κ1) is 25.2. The lowest BCUT2D eigenvalue weighted by Crippen LogP contribution is -2.40. The molecule has 1 rings (SSSR count). The Morgan fingerprint density at radius 1 is 1.14 bits per heavy atom. The predicted molar refractivity (Wildman–Crippen MR) is 113 cm³/mol. The fourth-order valence-electron chi connectivity index (χ4n) is 3.44. The first-order valence-electron chi connectivity index (χ1n) is 10.1. The number of carbonyl (C=O) groups excluding carboxylic acids is 3. The molecule has 8 heteroatoms. The number of hydrogen-bond donors (Lipinski definition) is 0. The van der Waals surface area contributed by atoms with Crippen molar-refractivity contribution < 1.29 is 23.9 Å². The Labute approximate surface area is 178 Å². The number of carbonyl (C=O) groups is 3. The summed E-state index contributed by atoms with van der Waals surface area (Å²) < 4.78 is 12.3. The molecule has 0 aliphatic heterocycles. The maximum Gasteiger partial charge on any atom is 0.355 e. The van der Waals surface area contributed by atoms with Crippen molar-refractivity contribution in [3.05, 3.63) is 22.5 Å². The van der Waals surface area contributed by atoms with Crippen LogP contribution in [0.5, 0.6) is 0 Å². The van der Waals surface area contributed by atoms with Crippen LogP contribution in [0.25, 0.3) is 0 Å². The molecule has 0 saturated carbocycles. The Bertz CT molecular complexity index is 727. The normalized spacial score (nSPS) is 12.0. The second kappa shape index (κ2) is 12.0. The van der Waals surface area contributed by atoms with Crippen molar-refractivity contribution in [2.24, 2.45) is 0 Å². The van der Waals surface area contributed by atoms with Crippen molar-refractivity contribution >= 4 is 29.3 Å². The predicted octanol–water partition coefficient (Wildman–Crippen LogP) is 3.37. The van der Waals surface area contributed by atoms with Gasteiger partial charge in [-0.15, -0.1) is 11.6 Å². The lowest BCUT2D eigenvalue weighted by atomic mass is 10.0. The summed E-state index contributed by atoms with van der Waals surface area (Å²) in [6.45, 7) is 12.8. The largest absolute Gasteiger partial charge is 0.461 e. The van der Waals surface area contributed by atoms with Gasteiger partial charge in [-0.2, -0.15) is 0 Å². The summed E-state index contributed by atoms with van der Waals surface area (Å²) in [7, 11) is 0. The Balaban J connectivity index is 3.16. The van der Waals surface area contributed by atoms with E-state index >= 15 is 0 Å². The number of halogens is 1. The van der Waals surface area contributed by atoms with Crippen LogP contribution in [0.2, 0.25) is 0 Å². The highest BCUT2D eigenvalue weighted by Gasteiger charge is 2.29. The molecule has 0 aromatic carbocycles. The SMILES string of the molecule is CCOCCCN(CC(=O)c1c(C)c(C(=O)OCC)n(CC)c1C)C(=O)[C@H](C)Cl. The second-order valence-corrected chi connectivity index (χ2v) is 7.40. The van der Waals surface area contributed by atoms with Crippen molar-refractivity contribution in [1.29, 1.82) is 0 Å². The number of ether oxygens (including phenoxy) is 2. The molecular formula is C21H33ClN2O5. The van der Waals surface area contributed by atoms with Gasteiger partial charge in [-0.3, -0.25) is 9.59 Å². The van der Waals surface area contributed by atoms with Crippen LogP contribution in [0.15, 0.2) is 0 Å². The van der Waals surface area contributed by atoms with E-state index in [0.29, 0.717) is 55.2 Å². The molecule has 0 radical (unpaired) electrons.